The summed E-state index contributed by atoms with van der Waals surface area (Å²) in [5.41, 5.74) is 6.23. The molecule has 3 N–H and O–H groups in total. The molecule has 1 aliphatic heterocycles. The second-order valence-corrected chi connectivity index (χ2v) is 7.26. The lowest BCUT2D eigenvalue weighted by molar-refractivity contribution is -0.139. The highest BCUT2D eigenvalue weighted by atomic mass is 16.5. The van der Waals surface area contributed by atoms with Crippen molar-refractivity contribution in [3.05, 3.63) is 29.8 Å². The van der Waals surface area contributed by atoms with Crippen molar-refractivity contribution in [3.8, 4) is 5.75 Å². The molecule has 1 aromatic rings. The Morgan fingerprint density at radius 1 is 1.23 bits per heavy atom. The van der Waals surface area contributed by atoms with Gasteiger partial charge in [0.2, 0.25) is 0 Å². The number of nitrogens with zero attached hydrogens (tertiary/aromatic N) is 1. The van der Waals surface area contributed by atoms with Gasteiger partial charge in [0, 0.05) is 30.2 Å². The minimum absolute atomic E-state index is 0.0161. The first-order chi connectivity index (χ1) is 12.4. The third kappa shape index (κ3) is 5.73. The Hall–Kier alpha value is -2.08. The number of piperidine rings is 1. The van der Waals surface area contributed by atoms with Crippen molar-refractivity contribution in [2.75, 3.05) is 13.2 Å². The number of ether oxygens (including phenoxy) is 1. The van der Waals surface area contributed by atoms with Crippen molar-refractivity contribution in [1.29, 1.82) is 0 Å². The van der Waals surface area contributed by atoms with Gasteiger partial charge < -0.3 is 20.7 Å². The highest BCUT2D eigenvalue weighted by molar-refractivity contribution is 5.94. The molecule has 26 heavy (non-hydrogen) atoms. The molecule has 1 aromatic carbocycles. The first-order valence-electron chi connectivity index (χ1n) is 9.46. The summed E-state index contributed by atoms with van der Waals surface area (Å²) in [6.45, 7) is 6.66. The normalized spacial score (nSPS) is 21.2. The van der Waals surface area contributed by atoms with E-state index in [0.29, 0.717) is 17.9 Å². The lowest BCUT2D eigenvalue weighted by Crippen LogP contribution is -2.49. The molecule has 0 aliphatic carbocycles. The fraction of sp³-hybridized carbons (Fsp3) is 0.600. The molecule has 144 valence electrons. The summed E-state index contributed by atoms with van der Waals surface area (Å²) in [7, 11) is 0. The predicted molar refractivity (Wildman–Crippen MR) is 102 cm³/mol. The molecule has 0 saturated carbocycles. The molecule has 1 fully saturated rings. The van der Waals surface area contributed by atoms with Gasteiger partial charge in [-0.05, 0) is 70.7 Å². The molecule has 0 bridgehead atoms. The Morgan fingerprint density at radius 2 is 1.85 bits per heavy atom. The van der Waals surface area contributed by atoms with Crippen LogP contribution in [0.4, 0.5) is 0 Å². The van der Waals surface area contributed by atoms with Gasteiger partial charge in [0.15, 0.2) is 6.61 Å². The maximum Gasteiger partial charge on any atom is 0.260 e. The van der Waals surface area contributed by atoms with Gasteiger partial charge in [-0.1, -0.05) is 0 Å². The number of carbonyl (C=O) groups excluding carboxylic acids is 2. The zero-order valence-corrected chi connectivity index (χ0v) is 16.0. The van der Waals surface area contributed by atoms with Crippen LogP contribution in [0.2, 0.25) is 0 Å². The fourth-order valence-electron chi connectivity index (χ4n) is 3.35. The third-order valence-corrected chi connectivity index (χ3v) is 4.85. The molecular formula is C20H31N3O3. The van der Waals surface area contributed by atoms with Crippen LogP contribution in [0.5, 0.6) is 5.75 Å². The number of hydrogen-bond donors (Lipinski definition) is 2. The molecule has 3 unspecified atom stereocenters. The van der Waals surface area contributed by atoms with Gasteiger partial charge in [0.05, 0.1) is 0 Å². The van der Waals surface area contributed by atoms with Gasteiger partial charge >= 0.3 is 0 Å². The average molecular weight is 361 g/mol. The van der Waals surface area contributed by atoms with Crippen molar-refractivity contribution < 1.29 is 14.3 Å². The van der Waals surface area contributed by atoms with Crippen molar-refractivity contribution in [2.24, 2.45) is 5.73 Å². The van der Waals surface area contributed by atoms with Gasteiger partial charge in [-0.3, -0.25) is 9.59 Å². The summed E-state index contributed by atoms with van der Waals surface area (Å²) >= 11 is 0. The van der Waals surface area contributed by atoms with E-state index >= 15 is 0 Å². The van der Waals surface area contributed by atoms with E-state index in [1.54, 1.807) is 24.3 Å². The smallest absolute Gasteiger partial charge is 0.260 e. The van der Waals surface area contributed by atoms with Crippen LogP contribution in [-0.2, 0) is 4.79 Å². The van der Waals surface area contributed by atoms with Gasteiger partial charge in [0.25, 0.3) is 11.8 Å². The van der Waals surface area contributed by atoms with E-state index in [1.807, 2.05) is 11.8 Å². The number of likely N-dealkylation sites (tertiary alicyclic amines) is 1. The molecule has 3 atom stereocenters. The summed E-state index contributed by atoms with van der Waals surface area (Å²) in [5.74, 6) is 0.467. The fourth-order valence-corrected chi connectivity index (χ4v) is 3.35. The maximum atomic E-state index is 12.5. The number of nitrogens with one attached hydrogen (secondary N) is 1. The van der Waals surface area contributed by atoms with Crippen LogP contribution in [0.3, 0.4) is 0 Å². The molecular weight excluding hydrogens is 330 g/mol. The number of carbonyl (C=O) groups is 2. The molecule has 0 spiro atoms. The van der Waals surface area contributed by atoms with E-state index in [1.165, 1.54) is 6.42 Å². The number of amides is 2. The van der Waals surface area contributed by atoms with E-state index in [-0.39, 0.29) is 36.5 Å². The molecule has 1 heterocycles. The van der Waals surface area contributed by atoms with Gasteiger partial charge in [-0.25, -0.2) is 0 Å². The van der Waals surface area contributed by atoms with Crippen molar-refractivity contribution in [2.45, 2.75) is 64.6 Å². The van der Waals surface area contributed by atoms with Crippen LogP contribution < -0.4 is 15.8 Å². The molecule has 1 aliphatic rings. The van der Waals surface area contributed by atoms with Gasteiger partial charge in [-0.2, -0.15) is 0 Å². The monoisotopic (exact) mass is 361 g/mol. The lowest BCUT2D eigenvalue weighted by Gasteiger charge is -2.38. The van der Waals surface area contributed by atoms with Crippen LogP contribution in [0.15, 0.2) is 24.3 Å². The molecule has 0 aromatic heterocycles. The summed E-state index contributed by atoms with van der Waals surface area (Å²) in [5, 5.41) is 2.83. The van der Waals surface area contributed by atoms with Crippen molar-refractivity contribution in [1.82, 2.24) is 10.2 Å². The highest BCUT2D eigenvalue weighted by Crippen LogP contribution is 2.23. The van der Waals surface area contributed by atoms with E-state index in [0.717, 1.165) is 19.3 Å². The summed E-state index contributed by atoms with van der Waals surface area (Å²) in [6, 6.07) is 7.43. The van der Waals surface area contributed by atoms with E-state index in [4.69, 9.17) is 10.5 Å². The standard InChI is InChI=1S/C20H31N3O3/c1-14(21)11-12-22-20(25)17-7-9-18(10-8-17)26-13-19(24)23-15(2)5-4-6-16(23)3/h7-10,14-16H,4-6,11-13,21H2,1-3H3,(H,22,25). The second kappa shape index (κ2) is 9.57. The Morgan fingerprint density at radius 3 is 2.42 bits per heavy atom. The predicted octanol–water partition coefficient (Wildman–Crippen LogP) is 2.32. The first-order valence-corrected chi connectivity index (χ1v) is 9.46. The maximum absolute atomic E-state index is 12.5. The quantitative estimate of drug-likeness (QED) is 0.780. The van der Waals surface area contributed by atoms with E-state index < -0.39 is 0 Å². The van der Waals surface area contributed by atoms with Gasteiger partial charge in [-0.15, -0.1) is 0 Å². The summed E-state index contributed by atoms with van der Waals surface area (Å²) in [6.07, 6.45) is 3.99. The molecule has 0 radical (unpaired) electrons. The SMILES string of the molecule is CC(N)CCNC(=O)c1ccc(OCC(=O)N2C(C)CCCC2C)cc1. The molecule has 1 saturated heterocycles. The molecule has 6 nitrogen and oxygen atoms in total. The van der Waals surface area contributed by atoms with Crippen LogP contribution in [0.1, 0.15) is 56.8 Å². The summed E-state index contributed by atoms with van der Waals surface area (Å²) in [4.78, 5) is 26.4. The van der Waals surface area contributed by atoms with Crippen LogP contribution in [-0.4, -0.2) is 48.0 Å². The van der Waals surface area contributed by atoms with Crippen LogP contribution in [0.25, 0.3) is 0 Å². The Labute approximate surface area is 156 Å². The van der Waals surface area contributed by atoms with E-state index in [9.17, 15) is 9.59 Å². The first kappa shape index (κ1) is 20.2. The molecule has 2 amide bonds. The molecule has 6 heteroatoms. The average Bonchev–Trinajstić information content (AvgIpc) is 2.60. The number of rotatable bonds is 7. The molecule has 2 rings (SSSR count). The minimum atomic E-state index is -0.135. The zero-order valence-electron chi connectivity index (χ0n) is 16.0. The van der Waals surface area contributed by atoms with Crippen molar-refractivity contribution >= 4 is 11.8 Å². The number of hydrogen-bond acceptors (Lipinski definition) is 4. The Kier molecular flexibility index (Phi) is 7.45. The largest absolute Gasteiger partial charge is 0.484 e. The Bertz CT molecular complexity index is 591. The Balaban J connectivity index is 1.83. The topological polar surface area (TPSA) is 84.7 Å². The van der Waals surface area contributed by atoms with Crippen LogP contribution >= 0.6 is 0 Å². The number of benzene rings is 1. The van der Waals surface area contributed by atoms with E-state index in [2.05, 4.69) is 19.2 Å². The number of nitrogens with two attached hydrogens (primary N) is 1. The summed E-state index contributed by atoms with van der Waals surface area (Å²) < 4.78 is 5.63. The van der Waals surface area contributed by atoms with Crippen LogP contribution in [0, 0.1) is 0 Å². The van der Waals surface area contributed by atoms with Gasteiger partial charge in [0.1, 0.15) is 5.75 Å². The second-order valence-electron chi connectivity index (χ2n) is 7.26. The zero-order chi connectivity index (χ0) is 19.1. The third-order valence-electron chi connectivity index (χ3n) is 4.85. The highest BCUT2D eigenvalue weighted by Gasteiger charge is 2.28. The van der Waals surface area contributed by atoms with Crippen molar-refractivity contribution in [3.63, 3.8) is 0 Å². The lowest BCUT2D eigenvalue weighted by atomic mass is 9.97. The minimum Gasteiger partial charge on any atom is -0.484 e.